The number of thiocarbonyl (C=S) groups is 1. The van der Waals surface area contributed by atoms with Crippen molar-refractivity contribution >= 4 is 51.9 Å². The second-order valence-corrected chi connectivity index (χ2v) is 9.18. The number of methoxy groups -OCH3 is 1. The van der Waals surface area contributed by atoms with Crippen LogP contribution in [-0.4, -0.2) is 34.7 Å². The fourth-order valence-electron chi connectivity index (χ4n) is 3.33. The Hall–Kier alpha value is -2.85. The molecule has 1 fully saturated rings. The molecular formula is C24H23F3N2O3S2. The van der Waals surface area contributed by atoms with Crippen LogP contribution in [0.1, 0.15) is 36.8 Å². The minimum absolute atomic E-state index is 0.0853. The summed E-state index contributed by atoms with van der Waals surface area (Å²) in [4.78, 5) is 26.9. The highest BCUT2D eigenvalue weighted by Gasteiger charge is 2.33. The standard InChI is InChI=1S/C24H23F3N2O3S2/c1-32-17-12-10-16(11-13-17)15-20-22(31)29(23(33)34-20)14-6-2-3-9-21(30)28-19-8-5-4-7-18(19)24(25,26)27/h4-5,7-8,10-13,15H,2-3,6,9,14H2,1H3,(H,28,30)/b20-15-. The van der Waals surface area contributed by atoms with Crippen molar-refractivity contribution in [2.24, 2.45) is 0 Å². The number of para-hydroxylation sites is 1. The molecule has 5 nitrogen and oxygen atoms in total. The van der Waals surface area contributed by atoms with E-state index in [2.05, 4.69) is 5.32 Å². The molecule has 2 amide bonds. The van der Waals surface area contributed by atoms with Gasteiger partial charge in [-0.1, -0.05) is 54.7 Å². The minimum Gasteiger partial charge on any atom is -0.497 e. The molecule has 0 saturated carbocycles. The molecule has 0 bridgehead atoms. The SMILES string of the molecule is COc1ccc(/C=C2\SC(=S)N(CCCCCC(=O)Nc3ccccc3C(F)(F)F)C2=O)cc1. The average molecular weight is 509 g/mol. The topological polar surface area (TPSA) is 58.6 Å². The lowest BCUT2D eigenvalue weighted by molar-refractivity contribution is -0.137. The molecule has 1 aliphatic rings. The molecule has 34 heavy (non-hydrogen) atoms. The van der Waals surface area contributed by atoms with E-state index in [9.17, 15) is 22.8 Å². The number of amides is 2. The van der Waals surface area contributed by atoms with E-state index in [0.717, 1.165) is 17.4 Å². The summed E-state index contributed by atoms with van der Waals surface area (Å²) >= 11 is 6.58. The first kappa shape index (κ1) is 25.8. The van der Waals surface area contributed by atoms with Crippen LogP contribution in [0.3, 0.4) is 0 Å². The Kier molecular flexibility index (Phi) is 8.73. The zero-order valence-corrected chi connectivity index (χ0v) is 20.0. The van der Waals surface area contributed by atoms with E-state index in [1.807, 2.05) is 24.3 Å². The van der Waals surface area contributed by atoms with Gasteiger partial charge in [0.2, 0.25) is 5.91 Å². The maximum Gasteiger partial charge on any atom is 0.418 e. The van der Waals surface area contributed by atoms with E-state index in [1.165, 1.54) is 34.9 Å². The minimum atomic E-state index is -4.54. The van der Waals surface area contributed by atoms with Gasteiger partial charge in [-0.15, -0.1) is 0 Å². The van der Waals surface area contributed by atoms with Crippen LogP contribution in [0, 0.1) is 0 Å². The summed E-state index contributed by atoms with van der Waals surface area (Å²) in [6, 6.07) is 12.2. The number of ether oxygens (including phenoxy) is 1. The van der Waals surface area contributed by atoms with Crippen LogP contribution in [-0.2, 0) is 15.8 Å². The number of halogens is 3. The Balaban J connectivity index is 1.44. The largest absolute Gasteiger partial charge is 0.497 e. The first-order valence-corrected chi connectivity index (χ1v) is 11.8. The fourth-order valence-corrected chi connectivity index (χ4v) is 4.64. The van der Waals surface area contributed by atoms with Crippen LogP contribution in [0.5, 0.6) is 5.75 Å². The number of carbonyl (C=O) groups is 2. The molecule has 1 saturated heterocycles. The van der Waals surface area contributed by atoms with Gasteiger partial charge in [-0.25, -0.2) is 0 Å². The maximum atomic E-state index is 13.0. The quantitative estimate of drug-likeness (QED) is 0.251. The van der Waals surface area contributed by atoms with Crippen molar-refractivity contribution in [2.75, 3.05) is 19.0 Å². The van der Waals surface area contributed by atoms with Gasteiger partial charge < -0.3 is 10.1 Å². The molecule has 0 spiro atoms. The van der Waals surface area contributed by atoms with E-state index in [0.29, 0.717) is 35.0 Å². The number of anilines is 1. The molecule has 1 N–H and O–H groups in total. The van der Waals surface area contributed by atoms with Gasteiger partial charge in [-0.3, -0.25) is 14.5 Å². The van der Waals surface area contributed by atoms with Gasteiger partial charge in [0.15, 0.2) is 0 Å². The number of benzene rings is 2. The van der Waals surface area contributed by atoms with Gasteiger partial charge in [0.05, 0.1) is 23.3 Å². The van der Waals surface area contributed by atoms with E-state index >= 15 is 0 Å². The lowest BCUT2D eigenvalue weighted by Gasteiger charge is -2.14. The third-order valence-corrected chi connectivity index (χ3v) is 6.46. The second-order valence-electron chi connectivity index (χ2n) is 7.51. The van der Waals surface area contributed by atoms with Gasteiger partial charge in [-0.2, -0.15) is 13.2 Å². The summed E-state index contributed by atoms with van der Waals surface area (Å²) in [6.45, 7) is 0.420. The molecule has 180 valence electrons. The van der Waals surface area contributed by atoms with Crippen molar-refractivity contribution in [1.29, 1.82) is 0 Å². The summed E-state index contributed by atoms with van der Waals surface area (Å²) in [7, 11) is 1.58. The monoisotopic (exact) mass is 508 g/mol. The van der Waals surface area contributed by atoms with Gasteiger partial charge in [-0.05, 0) is 48.7 Å². The highest BCUT2D eigenvalue weighted by atomic mass is 32.2. The summed E-state index contributed by atoms with van der Waals surface area (Å²) in [5.74, 6) is 0.0833. The predicted molar refractivity (Wildman–Crippen MR) is 131 cm³/mol. The van der Waals surface area contributed by atoms with Crippen molar-refractivity contribution in [2.45, 2.75) is 31.9 Å². The van der Waals surface area contributed by atoms with Gasteiger partial charge in [0, 0.05) is 13.0 Å². The Bertz CT molecular complexity index is 1090. The number of rotatable bonds is 9. The van der Waals surface area contributed by atoms with Gasteiger partial charge in [0.25, 0.3) is 5.91 Å². The van der Waals surface area contributed by atoms with Crippen LogP contribution in [0.25, 0.3) is 6.08 Å². The van der Waals surface area contributed by atoms with Crippen LogP contribution < -0.4 is 10.1 Å². The summed E-state index contributed by atoms with van der Waals surface area (Å²) in [5, 5.41) is 2.34. The number of hydrogen-bond donors (Lipinski definition) is 1. The van der Waals surface area contributed by atoms with Gasteiger partial charge in [0.1, 0.15) is 10.1 Å². The Morgan fingerprint density at radius 3 is 2.50 bits per heavy atom. The maximum absolute atomic E-state index is 13.0. The molecule has 0 atom stereocenters. The number of thioether (sulfide) groups is 1. The highest BCUT2D eigenvalue weighted by molar-refractivity contribution is 8.26. The Morgan fingerprint density at radius 1 is 1.12 bits per heavy atom. The van der Waals surface area contributed by atoms with Crippen molar-refractivity contribution in [3.63, 3.8) is 0 Å². The lowest BCUT2D eigenvalue weighted by atomic mass is 10.1. The number of alkyl halides is 3. The molecule has 0 aliphatic carbocycles. The summed E-state index contributed by atoms with van der Waals surface area (Å²) in [5.41, 5.74) is -0.263. The Labute approximate surface area is 205 Å². The molecule has 0 aromatic heterocycles. The summed E-state index contributed by atoms with van der Waals surface area (Å²) < 4.78 is 44.7. The Morgan fingerprint density at radius 2 is 1.82 bits per heavy atom. The van der Waals surface area contributed by atoms with Crippen LogP contribution in [0.2, 0.25) is 0 Å². The van der Waals surface area contributed by atoms with Crippen molar-refractivity contribution in [3.8, 4) is 5.75 Å². The molecule has 3 rings (SSSR count). The molecule has 0 radical (unpaired) electrons. The molecular weight excluding hydrogens is 485 g/mol. The molecule has 2 aromatic carbocycles. The first-order valence-electron chi connectivity index (χ1n) is 10.5. The number of nitrogens with one attached hydrogen (secondary N) is 1. The third-order valence-electron chi connectivity index (χ3n) is 5.08. The number of carbonyl (C=O) groups excluding carboxylic acids is 2. The first-order chi connectivity index (χ1) is 16.2. The van der Waals surface area contributed by atoms with Crippen molar-refractivity contribution in [1.82, 2.24) is 4.90 Å². The second kappa shape index (κ2) is 11.5. The van der Waals surface area contributed by atoms with Crippen LogP contribution in [0.4, 0.5) is 18.9 Å². The third kappa shape index (κ3) is 6.83. The normalized spacial score (nSPS) is 15.2. The lowest BCUT2D eigenvalue weighted by Crippen LogP contribution is -2.29. The van der Waals surface area contributed by atoms with Crippen LogP contribution in [0.15, 0.2) is 53.4 Å². The van der Waals surface area contributed by atoms with Gasteiger partial charge >= 0.3 is 6.18 Å². The zero-order chi connectivity index (χ0) is 24.7. The number of unbranched alkanes of at least 4 members (excludes halogenated alkanes) is 2. The highest BCUT2D eigenvalue weighted by Crippen LogP contribution is 2.35. The molecule has 1 heterocycles. The average Bonchev–Trinajstić information content (AvgIpc) is 3.06. The summed E-state index contributed by atoms with van der Waals surface area (Å²) in [6.07, 6.45) is -0.943. The van der Waals surface area contributed by atoms with E-state index < -0.39 is 17.6 Å². The smallest absolute Gasteiger partial charge is 0.418 e. The molecule has 1 aliphatic heterocycles. The van der Waals surface area contributed by atoms with E-state index in [4.69, 9.17) is 17.0 Å². The predicted octanol–water partition coefficient (Wildman–Crippen LogP) is 6.11. The molecule has 2 aromatic rings. The van der Waals surface area contributed by atoms with Crippen molar-refractivity contribution < 1.29 is 27.5 Å². The molecule has 0 unspecified atom stereocenters. The fraction of sp³-hybridized carbons (Fsp3) is 0.292. The molecule has 10 heteroatoms. The zero-order valence-electron chi connectivity index (χ0n) is 18.4. The van der Waals surface area contributed by atoms with Crippen LogP contribution >= 0.6 is 24.0 Å². The van der Waals surface area contributed by atoms with E-state index in [1.54, 1.807) is 13.2 Å². The van der Waals surface area contributed by atoms with E-state index in [-0.39, 0.29) is 18.0 Å². The van der Waals surface area contributed by atoms with Crippen molar-refractivity contribution in [3.05, 3.63) is 64.6 Å². The number of nitrogens with zero attached hydrogens (tertiary/aromatic N) is 1. The number of hydrogen-bond acceptors (Lipinski definition) is 5.